The predicted molar refractivity (Wildman–Crippen MR) is 86.2 cm³/mol. The Kier molecular flexibility index (Phi) is 4.05. The monoisotopic (exact) mass is 309 g/mol. The third kappa shape index (κ3) is 2.78. The van der Waals surface area contributed by atoms with Crippen LogP contribution in [0, 0.1) is 0 Å². The molecule has 1 aliphatic heterocycles. The third-order valence-corrected chi connectivity index (χ3v) is 5.73. The first-order valence-electron chi connectivity index (χ1n) is 6.56. The fourth-order valence-electron chi connectivity index (χ4n) is 2.64. The van der Waals surface area contributed by atoms with Crippen LogP contribution in [-0.4, -0.2) is 21.2 Å². The number of carbonyl (C=O) groups is 1. The van der Waals surface area contributed by atoms with E-state index in [4.69, 9.17) is 12.2 Å². The number of thioether (sulfide) groups is 1. The number of hydrogen-bond acceptors (Lipinski definition) is 4. The molecule has 0 atom stereocenters. The zero-order valence-electron chi connectivity index (χ0n) is 10.5. The molecule has 1 saturated heterocycles. The number of carbonyl (C=O) groups excluding carboxylic acids is 1. The van der Waals surface area contributed by atoms with Gasteiger partial charge in [0.1, 0.15) is 4.32 Å². The minimum Gasteiger partial charge on any atom is -0.290 e. The standard InChI is InChI=1S/C14H15NOS3/c16-13-12(9-11-7-4-8-18-11)19-14(17)15(13)10-5-2-1-3-6-10/h4,7-10H,1-3,5-6H2/b12-9+. The molecule has 0 bridgehead atoms. The Morgan fingerprint density at radius 3 is 2.79 bits per heavy atom. The van der Waals surface area contributed by atoms with E-state index in [1.165, 1.54) is 31.0 Å². The minimum atomic E-state index is 0.107. The number of thiophene rings is 1. The molecule has 2 nitrogen and oxygen atoms in total. The summed E-state index contributed by atoms with van der Waals surface area (Å²) in [7, 11) is 0. The first kappa shape index (κ1) is 13.3. The van der Waals surface area contributed by atoms with Crippen molar-refractivity contribution >= 4 is 51.6 Å². The van der Waals surface area contributed by atoms with Crippen LogP contribution in [0.5, 0.6) is 0 Å². The summed E-state index contributed by atoms with van der Waals surface area (Å²) in [6, 6.07) is 4.35. The van der Waals surface area contributed by atoms with Crippen LogP contribution in [-0.2, 0) is 4.79 Å². The maximum absolute atomic E-state index is 12.5. The number of nitrogens with zero attached hydrogens (tertiary/aromatic N) is 1. The fraction of sp³-hybridized carbons (Fsp3) is 0.429. The summed E-state index contributed by atoms with van der Waals surface area (Å²) in [4.78, 5) is 16.2. The SMILES string of the molecule is O=C1/C(=C\c2cccs2)SC(=S)N1C1CCCCC1. The lowest BCUT2D eigenvalue weighted by Crippen LogP contribution is -2.39. The largest absolute Gasteiger partial charge is 0.290 e. The van der Waals surface area contributed by atoms with Gasteiger partial charge in [0.05, 0.1) is 4.91 Å². The molecule has 1 amide bonds. The molecule has 19 heavy (non-hydrogen) atoms. The first-order chi connectivity index (χ1) is 9.25. The lowest BCUT2D eigenvalue weighted by molar-refractivity contribution is -0.124. The smallest absolute Gasteiger partial charge is 0.266 e. The molecule has 1 aliphatic carbocycles. The highest BCUT2D eigenvalue weighted by Crippen LogP contribution is 2.37. The molecule has 2 aliphatic rings. The molecule has 0 aromatic carbocycles. The van der Waals surface area contributed by atoms with E-state index in [0.29, 0.717) is 6.04 Å². The summed E-state index contributed by atoms with van der Waals surface area (Å²) in [5, 5.41) is 2.02. The van der Waals surface area contributed by atoms with Gasteiger partial charge in [-0.15, -0.1) is 11.3 Å². The maximum Gasteiger partial charge on any atom is 0.266 e. The van der Waals surface area contributed by atoms with Gasteiger partial charge >= 0.3 is 0 Å². The highest BCUT2D eigenvalue weighted by molar-refractivity contribution is 8.26. The lowest BCUT2D eigenvalue weighted by atomic mass is 9.94. The van der Waals surface area contributed by atoms with Crippen molar-refractivity contribution in [3.63, 3.8) is 0 Å². The number of amides is 1. The minimum absolute atomic E-state index is 0.107. The molecule has 2 heterocycles. The predicted octanol–water partition coefficient (Wildman–Crippen LogP) is 4.28. The van der Waals surface area contributed by atoms with Crippen LogP contribution in [0.15, 0.2) is 22.4 Å². The Morgan fingerprint density at radius 1 is 1.32 bits per heavy atom. The second-order valence-electron chi connectivity index (χ2n) is 4.86. The lowest BCUT2D eigenvalue weighted by Gasteiger charge is -2.29. The summed E-state index contributed by atoms with van der Waals surface area (Å²) in [5.41, 5.74) is 0. The average Bonchev–Trinajstić information content (AvgIpc) is 3.01. The molecule has 1 aromatic heterocycles. The van der Waals surface area contributed by atoms with E-state index in [1.54, 1.807) is 11.3 Å². The van der Waals surface area contributed by atoms with Crippen LogP contribution in [0.25, 0.3) is 6.08 Å². The number of rotatable bonds is 2. The van der Waals surface area contributed by atoms with E-state index in [2.05, 4.69) is 0 Å². The molecule has 100 valence electrons. The van der Waals surface area contributed by atoms with Crippen LogP contribution < -0.4 is 0 Å². The number of thiocarbonyl (C=S) groups is 1. The van der Waals surface area contributed by atoms with Crippen molar-refractivity contribution in [3.05, 3.63) is 27.3 Å². The van der Waals surface area contributed by atoms with Crippen molar-refractivity contribution in [2.24, 2.45) is 0 Å². The summed E-state index contributed by atoms with van der Waals surface area (Å²) >= 11 is 8.50. The third-order valence-electron chi connectivity index (χ3n) is 3.58. The summed E-state index contributed by atoms with van der Waals surface area (Å²) in [5.74, 6) is 0.107. The second-order valence-corrected chi connectivity index (χ2v) is 7.51. The molecule has 0 radical (unpaired) electrons. The molecule has 1 saturated carbocycles. The van der Waals surface area contributed by atoms with Gasteiger partial charge in [0.25, 0.3) is 5.91 Å². The van der Waals surface area contributed by atoms with Gasteiger partial charge in [-0.05, 0) is 30.4 Å². The topological polar surface area (TPSA) is 20.3 Å². The first-order valence-corrected chi connectivity index (χ1v) is 8.67. The van der Waals surface area contributed by atoms with Crippen LogP contribution in [0.4, 0.5) is 0 Å². The van der Waals surface area contributed by atoms with Crippen molar-refractivity contribution in [1.82, 2.24) is 4.90 Å². The second kappa shape index (κ2) is 5.77. The molecule has 1 aromatic rings. The van der Waals surface area contributed by atoms with Crippen LogP contribution in [0.2, 0.25) is 0 Å². The number of hydrogen-bond donors (Lipinski definition) is 0. The zero-order chi connectivity index (χ0) is 13.2. The van der Waals surface area contributed by atoms with Gasteiger partial charge in [0.15, 0.2) is 0 Å². The molecular formula is C14H15NOS3. The Balaban J connectivity index is 1.80. The van der Waals surface area contributed by atoms with Gasteiger partial charge in [-0.1, -0.05) is 49.3 Å². The van der Waals surface area contributed by atoms with Crippen LogP contribution in [0.3, 0.4) is 0 Å². The van der Waals surface area contributed by atoms with E-state index in [-0.39, 0.29) is 5.91 Å². The van der Waals surface area contributed by atoms with Gasteiger partial charge in [-0.3, -0.25) is 9.69 Å². The zero-order valence-corrected chi connectivity index (χ0v) is 13.0. The van der Waals surface area contributed by atoms with Crippen molar-refractivity contribution in [2.45, 2.75) is 38.1 Å². The van der Waals surface area contributed by atoms with Crippen molar-refractivity contribution < 1.29 is 4.79 Å². The Morgan fingerprint density at radius 2 is 2.11 bits per heavy atom. The molecule has 0 N–H and O–H groups in total. The van der Waals surface area contributed by atoms with E-state index >= 15 is 0 Å². The normalized spacial score (nSPS) is 23.6. The molecular weight excluding hydrogens is 294 g/mol. The fourth-order valence-corrected chi connectivity index (χ4v) is 4.76. The summed E-state index contributed by atoms with van der Waals surface area (Å²) in [6.45, 7) is 0. The van der Waals surface area contributed by atoms with Gasteiger partial charge < -0.3 is 0 Å². The molecule has 0 spiro atoms. The summed E-state index contributed by atoms with van der Waals surface area (Å²) < 4.78 is 0.736. The average molecular weight is 309 g/mol. The van der Waals surface area contributed by atoms with Gasteiger partial charge in [0, 0.05) is 10.9 Å². The van der Waals surface area contributed by atoms with Gasteiger partial charge in [0.2, 0.25) is 0 Å². The highest BCUT2D eigenvalue weighted by atomic mass is 32.2. The van der Waals surface area contributed by atoms with Crippen molar-refractivity contribution in [2.75, 3.05) is 0 Å². The quantitative estimate of drug-likeness (QED) is 0.601. The maximum atomic E-state index is 12.5. The van der Waals surface area contributed by atoms with E-state index in [1.807, 2.05) is 28.5 Å². The van der Waals surface area contributed by atoms with Gasteiger partial charge in [-0.2, -0.15) is 0 Å². The highest BCUT2D eigenvalue weighted by Gasteiger charge is 2.37. The Hall–Kier alpha value is -0.650. The molecule has 0 unspecified atom stereocenters. The molecule has 5 heteroatoms. The molecule has 3 rings (SSSR count). The summed E-state index contributed by atoms with van der Waals surface area (Å²) in [6.07, 6.45) is 7.87. The van der Waals surface area contributed by atoms with Crippen molar-refractivity contribution in [3.8, 4) is 0 Å². The van der Waals surface area contributed by atoms with Crippen LogP contribution in [0.1, 0.15) is 37.0 Å². The van der Waals surface area contributed by atoms with Gasteiger partial charge in [-0.25, -0.2) is 0 Å². The van der Waals surface area contributed by atoms with E-state index in [0.717, 1.165) is 26.9 Å². The van der Waals surface area contributed by atoms with E-state index < -0.39 is 0 Å². The van der Waals surface area contributed by atoms with Crippen molar-refractivity contribution in [1.29, 1.82) is 0 Å². The van der Waals surface area contributed by atoms with E-state index in [9.17, 15) is 4.79 Å². The Labute approximate surface area is 126 Å². The molecule has 2 fully saturated rings. The van der Waals surface area contributed by atoms with Crippen LogP contribution >= 0.6 is 35.3 Å². The Bertz CT molecular complexity index is 515.